The van der Waals surface area contributed by atoms with Gasteiger partial charge in [0.25, 0.3) is 11.8 Å². The molecule has 4 aromatic rings. The van der Waals surface area contributed by atoms with Gasteiger partial charge >= 0.3 is 0 Å². The Labute approximate surface area is 174 Å². The van der Waals surface area contributed by atoms with Crippen LogP contribution < -0.4 is 15.4 Å². The number of hydrogen-bond donors (Lipinski definition) is 2. The molecule has 29 heavy (non-hydrogen) atoms. The summed E-state index contributed by atoms with van der Waals surface area (Å²) >= 11 is 2.71. The van der Waals surface area contributed by atoms with E-state index in [-0.39, 0.29) is 11.8 Å². The lowest BCUT2D eigenvalue weighted by atomic mass is 10.2. The molecular weight excluding hydrogens is 408 g/mol. The van der Waals surface area contributed by atoms with Crippen LogP contribution >= 0.6 is 22.7 Å². The highest BCUT2D eigenvalue weighted by Gasteiger charge is 2.09. The molecule has 144 valence electrons. The first-order valence-corrected chi connectivity index (χ1v) is 10.2. The van der Waals surface area contributed by atoms with Crippen molar-refractivity contribution < 1.29 is 14.3 Å². The number of rotatable bonds is 6. The average Bonchev–Trinajstić information content (AvgIpc) is 3.43. The standard InChI is InChI=1S/C20H14N4O3S2/c25-17(23-19-21-9-11-28-19)13-1-5-15(6-2-13)27-16-7-3-14(4-8-16)18(26)24-20-22-10-12-29-20/h1-12H,(H,21,23,25)(H,22,24,26). The van der Waals surface area contributed by atoms with Crippen molar-refractivity contribution in [1.82, 2.24) is 9.97 Å². The number of nitrogens with zero attached hydrogens (tertiary/aromatic N) is 2. The molecule has 0 saturated heterocycles. The third kappa shape index (κ3) is 4.84. The molecule has 7 nitrogen and oxygen atoms in total. The summed E-state index contributed by atoms with van der Waals surface area (Å²) in [6.45, 7) is 0. The van der Waals surface area contributed by atoms with E-state index in [0.29, 0.717) is 32.9 Å². The van der Waals surface area contributed by atoms with Gasteiger partial charge in [0, 0.05) is 34.3 Å². The number of amides is 2. The predicted molar refractivity (Wildman–Crippen MR) is 113 cm³/mol. The summed E-state index contributed by atoms with van der Waals surface area (Å²) in [5.74, 6) is 0.691. The minimum Gasteiger partial charge on any atom is -0.457 e. The maximum absolute atomic E-state index is 12.2. The number of hydrogen-bond acceptors (Lipinski definition) is 7. The Morgan fingerprint density at radius 3 is 1.45 bits per heavy atom. The van der Waals surface area contributed by atoms with E-state index in [1.54, 1.807) is 71.7 Å². The van der Waals surface area contributed by atoms with Crippen LogP contribution in [-0.2, 0) is 0 Å². The summed E-state index contributed by atoms with van der Waals surface area (Å²) in [5, 5.41) is 10.1. The monoisotopic (exact) mass is 422 g/mol. The number of ether oxygens (including phenoxy) is 1. The molecule has 0 bridgehead atoms. The molecule has 0 radical (unpaired) electrons. The van der Waals surface area contributed by atoms with Crippen molar-refractivity contribution in [3.8, 4) is 11.5 Å². The van der Waals surface area contributed by atoms with Crippen LogP contribution in [0.25, 0.3) is 0 Å². The molecule has 0 aliphatic heterocycles. The van der Waals surface area contributed by atoms with Gasteiger partial charge in [0.1, 0.15) is 11.5 Å². The molecule has 0 aliphatic rings. The highest BCUT2D eigenvalue weighted by molar-refractivity contribution is 7.14. The smallest absolute Gasteiger partial charge is 0.257 e. The third-order valence-corrected chi connectivity index (χ3v) is 5.15. The van der Waals surface area contributed by atoms with Crippen molar-refractivity contribution in [3.63, 3.8) is 0 Å². The van der Waals surface area contributed by atoms with Crippen molar-refractivity contribution in [2.45, 2.75) is 0 Å². The maximum Gasteiger partial charge on any atom is 0.257 e. The number of aromatic nitrogens is 2. The molecule has 0 aliphatic carbocycles. The lowest BCUT2D eigenvalue weighted by Crippen LogP contribution is -2.11. The van der Waals surface area contributed by atoms with Crippen molar-refractivity contribution in [2.75, 3.05) is 10.6 Å². The van der Waals surface area contributed by atoms with Crippen LogP contribution in [0.5, 0.6) is 11.5 Å². The molecule has 2 aromatic heterocycles. The van der Waals surface area contributed by atoms with Crippen molar-refractivity contribution in [1.29, 1.82) is 0 Å². The average molecular weight is 422 g/mol. The van der Waals surface area contributed by atoms with Crippen molar-refractivity contribution >= 4 is 44.8 Å². The Bertz CT molecular complexity index is 1000. The minimum atomic E-state index is -0.234. The van der Waals surface area contributed by atoms with Crippen LogP contribution in [0.2, 0.25) is 0 Å². The Morgan fingerprint density at radius 2 is 1.10 bits per heavy atom. The van der Waals surface area contributed by atoms with E-state index in [4.69, 9.17) is 4.74 Å². The molecule has 0 saturated carbocycles. The van der Waals surface area contributed by atoms with Crippen molar-refractivity contribution in [3.05, 3.63) is 82.8 Å². The third-order valence-electron chi connectivity index (χ3n) is 3.77. The number of carbonyl (C=O) groups is 2. The normalized spacial score (nSPS) is 10.3. The van der Waals surface area contributed by atoms with Gasteiger partial charge in [-0.05, 0) is 48.5 Å². The van der Waals surface area contributed by atoms with Gasteiger partial charge in [-0.2, -0.15) is 0 Å². The van der Waals surface area contributed by atoms with Gasteiger partial charge in [-0.1, -0.05) is 0 Å². The van der Waals surface area contributed by atoms with E-state index in [1.165, 1.54) is 22.7 Å². The van der Waals surface area contributed by atoms with Crippen LogP contribution in [0, 0.1) is 0 Å². The molecule has 2 aromatic carbocycles. The fraction of sp³-hybridized carbons (Fsp3) is 0. The Kier molecular flexibility index (Phi) is 5.59. The summed E-state index contributed by atoms with van der Waals surface area (Å²) in [4.78, 5) is 32.4. The second kappa shape index (κ2) is 8.63. The molecular formula is C20H14N4O3S2. The zero-order valence-corrected chi connectivity index (χ0v) is 16.5. The van der Waals surface area contributed by atoms with E-state index in [2.05, 4.69) is 20.6 Å². The van der Waals surface area contributed by atoms with Gasteiger partial charge in [-0.3, -0.25) is 20.2 Å². The fourth-order valence-electron chi connectivity index (χ4n) is 2.39. The van der Waals surface area contributed by atoms with Gasteiger partial charge in [-0.25, -0.2) is 9.97 Å². The largest absolute Gasteiger partial charge is 0.457 e. The Morgan fingerprint density at radius 1 is 0.690 bits per heavy atom. The Balaban J connectivity index is 1.36. The van der Waals surface area contributed by atoms with E-state index >= 15 is 0 Å². The van der Waals surface area contributed by atoms with Crippen LogP contribution in [0.15, 0.2) is 71.7 Å². The molecule has 4 rings (SSSR count). The molecule has 0 atom stereocenters. The summed E-state index contributed by atoms with van der Waals surface area (Å²) < 4.78 is 5.78. The summed E-state index contributed by atoms with van der Waals surface area (Å²) in [6, 6.07) is 13.5. The van der Waals surface area contributed by atoms with Gasteiger partial charge in [0.15, 0.2) is 10.3 Å². The van der Waals surface area contributed by atoms with Crippen LogP contribution in [0.4, 0.5) is 10.3 Å². The summed E-state index contributed by atoms with van der Waals surface area (Å²) in [7, 11) is 0. The topological polar surface area (TPSA) is 93.2 Å². The number of anilines is 2. The number of thiazole rings is 2. The highest BCUT2D eigenvalue weighted by atomic mass is 32.1. The molecule has 0 spiro atoms. The van der Waals surface area contributed by atoms with Crippen LogP contribution in [0.1, 0.15) is 20.7 Å². The first-order chi connectivity index (χ1) is 14.2. The number of carbonyl (C=O) groups excluding carboxylic acids is 2. The van der Waals surface area contributed by atoms with Gasteiger partial charge in [0.05, 0.1) is 0 Å². The van der Waals surface area contributed by atoms with Gasteiger partial charge in [-0.15, -0.1) is 22.7 Å². The zero-order valence-electron chi connectivity index (χ0n) is 14.9. The molecule has 0 unspecified atom stereocenters. The number of nitrogens with one attached hydrogen (secondary N) is 2. The van der Waals surface area contributed by atoms with Gasteiger partial charge < -0.3 is 4.74 Å². The first-order valence-electron chi connectivity index (χ1n) is 8.47. The summed E-state index contributed by atoms with van der Waals surface area (Å²) in [5.41, 5.74) is 1.00. The second-order valence-corrected chi connectivity index (χ2v) is 7.52. The summed E-state index contributed by atoms with van der Waals surface area (Å²) in [6.07, 6.45) is 3.26. The second-order valence-electron chi connectivity index (χ2n) is 5.73. The van der Waals surface area contributed by atoms with E-state index in [1.807, 2.05) is 0 Å². The SMILES string of the molecule is O=C(Nc1nccs1)c1ccc(Oc2ccc(C(=O)Nc3nccs3)cc2)cc1. The molecule has 2 heterocycles. The van der Waals surface area contributed by atoms with E-state index < -0.39 is 0 Å². The molecule has 9 heteroatoms. The molecule has 0 fully saturated rings. The lowest BCUT2D eigenvalue weighted by Gasteiger charge is -2.08. The fourth-order valence-corrected chi connectivity index (χ4v) is 3.44. The first kappa shape index (κ1) is 18.8. The van der Waals surface area contributed by atoms with Gasteiger partial charge in [0.2, 0.25) is 0 Å². The van der Waals surface area contributed by atoms with E-state index in [9.17, 15) is 9.59 Å². The Hall–Kier alpha value is -3.56. The quantitative estimate of drug-likeness (QED) is 0.461. The zero-order chi connectivity index (χ0) is 20.1. The minimum absolute atomic E-state index is 0.234. The maximum atomic E-state index is 12.2. The predicted octanol–water partition coefficient (Wildman–Crippen LogP) is 4.90. The highest BCUT2D eigenvalue weighted by Crippen LogP contribution is 2.23. The van der Waals surface area contributed by atoms with E-state index in [0.717, 1.165) is 0 Å². The van der Waals surface area contributed by atoms with Crippen LogP contribution in [0.3, 0.4) is 0 Å². The molecule has 2 N–H and O–H groups in total. The van der Waals surface area contributed by atoms with Crippen LogP contribution in [-0.4, -0.2) is 21.8 Å². The lowest BCUT2D eigenvalue weighted by molar-refractivity contribution is 0.101. The molecule has 2 amide bonds. The van der Waals surface area contributed by atoms with Crippen molar-refractivity contribution in [2.24, 2.45) is 0 Å². The number of benzene rings is 2.